The van der Waals surface area contributed by atoms with Crippen molar-refractivity contribution in [1.29, 1.82) is 0 Å². The highest BCUT2D eigenvalue weighted by Crippen LogP contribution is 2.62. The quantitative estimate of drug-likeness (QED) is 0.534. The zero-order valence-electron chi connectivity index (χ0n) is 13.7. The average Bonchev–Trinajstić information content (AvgIpc) is 2.55. The number of benzene rings is 1. The lowest BCUT2D eigenvalue weighted by atomic mass is 9.44. The van der Waals surface area contributed by atoms with Crippen molar-refractivity contribution in [2.75, 3.05) is 5.88 Å². The summed E-state index contributed by atoms with van der Waals surface area (Å²) in [5.41, 5.74) is 1.22. The molecule has 0 aromatic heterocycles. The summed E-state index contributed by atoms with van der Waals surface area (Å²) in [6.07, 6.45) is 9.11. The van der Waals surface area contributed by atoms with Crippen LogP contribution in [0.3, 0.4) is 0 Å². The highest BCUT2D eigenvalue weighted by atomic mass is 35.5. The van der Waals surface area contributed by atoms with E-state index in [0.29, 0.717) is 5.92 Å². The first-order chi connectivity index (χ1) is 10.6. The first-order valence-electron chi connectivity index (χ1n) is 8.97. The Kier molecular flexibility index (Phi) is 4.85. The Hall–Kier alpha value is -0.530. The van der Waals surface area contributed by atoms with Gasteiger partial charge in [0, 0.05) is 5.88 Å². The first-order valence-corrected chi connectivity index (χ1v) is 9.51. The zero-order valence-corrected chi connectivity index (χ0v) is 14.5. The number of halogens is 1. The van der Waals surface area contributed by atoms with E-state index in [1.54, 1.807) is 0 Å². The summed E-state index contributed by atoms with van der Waals surface area (Å²) in [5.74, 6) is 2.02. The summed E-state index contributed by atoms with van der Waals surface area (Å²) in [5, 5.41) is 11.2. The number of unbranched alkanes of at least 4 members (excludes halogenated alkanes) is 2. The highest BCUT2D eigenvalue weighted by Gasteiger charge is 2.61. The summed E-state index contributed by atoms with van der Waals surface area (Å²) >= 11 is 5.76. The van der Waals surface area contributed by atoms with Crippen molar-refractivity contribution in [3.8, 4) is 0 Å². The largest absolute Gasteiger partial charge is 0.390 e. The lowest BCUT2D eigenvalue weighted by Gasteiger charge is -2.63. The minimum absolute atomic E-state index is 0.200. The zero-order chi connectivity index (χ0) is 15.6. The Morgan fingerprint density at radius 1 is 1.14 bits per heavy atom. The number of aliphatic hydroxyl groups is 1. The second-order valence-electron chi connectivity index (χ2n) is 7.59. The van der Waals surface area contributed by atoms with E-state index in [-0.39, 0.29) is 5.41 Å². The Bertz CT molecular complexity index is 488. The monoisotopic (exact) mass is 320 g/mol. The van der Waals surface area contributed by atoms with Crippen LogP contribution in [0.4, 0.5) is 0 Å². The van der Waals surface area contributed by atoms with Crippen molar-refractivity contribution < 1.29 is 5.11 Å². The van der Waals surface area contributed by atoms with E-state index >= 15 is 0 Å². The molecule has 122 valence electrons. The second kappa shape index (κ2) is 6.53. The molecule has 1 nitrogen and oxygen atoms in total. The minimum Gasteiger partial charge on any atom is -0.390 e. The molecule has 3 aliphatic carbocycles. The fourth-order valence-electron chi connectivity index (χ4n) is 5.23. The summed E-state index contributed by atoms with van der Waals surface area (Å²) in [7, 11) is 0. The van der Waals surface area contributed by atoms with Crippen molar-refractivity contribution >= 4 is 11.6 Å². The standard InChI is InChI=1S/C20H29ClO/c1-2-19(17-9-5-3-6-10-17)13-16-14-20(22,15-19)18(16)11-7-4-8-12-21/h3,5-6,9-10,16,18,22H,2,4,7-8,11-15H2,1H3/t16?,18-,19?,20?/m0/s1. The van der Waals surface area contributed by atoms with Gasteiger partial charge in [0.15, 0.2) is 0 Å². The molecule has 0 amide bonds. The van der Waals surface area contributed by atoms with Gasteiger partial charge in [-0.3, -0.25) is 0 Å². The van der Waals surface area contributed by atoms with Gasteiger partial charge in [0.2, 0.25) is 0 Å². The maximum absolute atomic E-state index is 11.2. The van der Waals surface area contributed by atoms with E-state index < -0.39 is 5.60 Å². The Balaban J connectivity index is 1.69. The molecule has 22 heavy (non-hydrogen) atoms. The molecule has 0 saturated heterocycles. The van der Waals surface area contributed by atoms with Gasteiger partial charge >= 0.3 is 0 Å². The van der Waals surface area contributed by atoms with Gasteiger partial charge in [0.05, 0.1) is 5.60 Å². The molecule has 0 radical (unpaired) electrons. The molecule has 1 aromatic rings. The molecular weight excluding hydrogens is 292 g/mol. The molecule has 2 bridgehead atoms. The van der Waals surface area contributed by atoms with Crippen LogP contribution >= 0.6 is 11.6 Å². The van der Waals surface area contributed by atoms with E-state index in [1.807, 2.05) is 0 Å². The molecule has 1 aromatic carbocycles. The Labute approximate surface area is 140 Å². The third-order valence-electron chi connectivity index (χ3n) is 6.38. The number of fused-ring (bicyclic) bond motifs is 2. The predicted molar refractivity (Wildman–Crippen MR) is 93.4 cm³/mol. The molecule has 0 aliphatic heterocycles. The average molecular weight is 321 g/mol. The van der Waals surface area contributed by atoms with Crippen molar-refractivity contribution in [3.63, 3.8) is 0 Å². The number of alkyl halides is 1. The van der Waals surface area contributed by atoms with Gasteiger partial charge in [-0.2, -0.15) is 0 Å². The lowest BCUT2D eigenvalue weighted by Crippen LogP contribution is -2.63. The van der Waals surface area contributed by atoms with Gasteiger partial charge < -0.3 is 5.11 Å². The van der Waals surface area contributed by atoms with Crippen LogP contribution in [0.25, 0.3) is 0 Å². The third-order valence-corrected chi connectivity index (χ3v) is 6.65. The van der Waals surface area contributed by atoms with E-state index in [2.05, 4.69) is 37.3 Å². The van der Waals surface area contributed by atoms with E-state index in [4.69, 9.17) is 11.6 Å². The summed E-state index contributed by atoms with van der Waals surface area (Å²) in [4.78, 5) is 0. The Morgan fingerprint density at radius 2 is 1.91 bits per heavy atom. The van der Waals surface area contributed by atoms with Crippen LogP contribution in [-0.2, 0) is 5.41 Å². The number of hydrogen-bond donors (Lipinski definition) is 1. The molecule has 3 fully saturated rings. The molecule has 4 atom stereocenters. The van der Waals surface area contributed by atoms with Crippen LogP contribution in [-0.4, -0.2) is 16.6 Å². The molecule has 1 N–H and O–H groups in total. The molecule has 3 saturated carbocycles. The predicted octanol–water partition coefficient (Wildman–Crippen LogP) is 5.29. The maximum atomic E-state index is 11.2. The van der Waals surface area contributed by atoms with E-state index in [9.17, 15) is 5.11 Å². The summed E-state index contributed by atoms with van der Waals surface area (Å²) < 4.78 is 0. The van der Waals surface area contributed by atoms with Crippen molar-refractivity contribution in [2.24, 2.45) is 11.8 Å². The van der Waals surface area contributed by atoms with Crippen LogP contribution in [0.2, 0.25) is 0 Å². The number of hydrogen-bond acceptors (Lipinski definition) is 1. The fourth-order valence-corrected chi connectivity index (χ4v) is 5.42. The topological polar surface area (TPSA) is 20.2 Å². The van der Waals surface area contributed by atoms with Crippen LogP contribution in [0, 0.1) is 11.8 Å². The van der Waals surface area contributed by atoms with Gasteiger partial charge in [0.25, 0.3) is 0 Å². The molecule has 0 spiro atoms. The van der Waals surface area contributed by atoms with Crippen LogP contribution in [0.5, 0.6) is 0 Å². The van der Waals surface area contributed by atoms with Crippen molar-refractivity contribution in [2.45, 2.75) is 69.3 Å². The smallest absolute Gasteiger partial charge is 0.0689 e. The lowest BCUT2D eigenvalue weighted by molar-refractivity contribution is -0.198. The molecule has 0 heterocycles. The van der Waals surface area contributed by atoms with Gasteiger partial charge in [-0.05, 0) is 61.3 Å². The fraction of sp³-hybridized carbons (Fsp3) is 0.700. The normalized spacial score (nSPS) is 36.9. The maximum Gasteiger partial charge on any atom is 0.0689 e. The summed E-state index contributed by atoms with van der Waals surface area (Å²) in [6, 6.07) is 10.9. The molecule has 4 rings (SSSR count). The number of rotatable bonds is 7. The molecule has 3 aliphatic rings. The SMILES string of the molecule is CCC1(c2ccccc2)CC2CC(O)(C1)[C@H]2CCCCCCl. The molecule has 3 unspecified atom stereocenters. The highest BCUT2D eigenvalue weighted by molar-refractivity contribution is 6.17. The minimum atomic E-state index is -0.407. The van der Waals surface area contributed by atoms with Crippen molar-refractivity contribution in [3.05, 3.63) is 35.9 Å². The van der Waals surface area contributed by atoms with E-state index in [1.165, 1.54) is 31.2 Å². The Morgan fingerprint density at radius 3 is 2.55 bits per heavy atom. The van der Waals surface area contributed by atoms with E-state index in [0.717, 1.165) is 37.5 Å². The molecular formula is C20H29ClO. The summed E-state index contributed by atoms with van der Waals surface area (Å²) in [6.45, 7) is 2.29. The second-order valence-corrected chi connectivity index (χ2v) is 7.97. The molecule has 2 heteroatoms. The van der Waals surface area contributed by atoms with Gasteiger partial charge in [-0.15, -0.1) is 11.6 Å². The van der Waals surface area contributed by atoms with Gasteiger partial charge in [-0.1, -0.05) is 50.1 Å². The first kappa shape index (κ1) is 16.3. The van der Waals surface area contributed by atoms with Gasteiger partial charge in [0.1, 0.15) is 0 Å². The third kappa shape index (κ3) is 2.83. The van der Waals surface area contributed by atoms with Crippen LogP contribution in [0.15, 0.2) is 30.3 Å². The van der Waals surface area contributed by atoms with Crippen LogP contribution in [0.1, 0.15) is 63.9 Å². The van der Waals surface area contributed by atoms with Crippen LogP contribution < -0.4 is 0 Å². The van der Waals surface area contributed by atoms with Crippen molar-refractivity contribution in [1.82, 2.24) is 0 Å². The van der Waals surface area contributed by atoms with Gasteiger partial charge in [-0.25, -0.2) is 0 Å².